The Morgan fingerprint density at radius 2 is 1.84 bits per heavy atom. The number of carbonyl (C=O) groups is 3. The first-order valence-electron chi connectivity index (χ1n) is 11.0. The number of nitrogens with zero attached hydrogens (tertiary/aromatic N) is 3. The highest BCUT2D eigenvalue weighted by Gasteiger charge is 2.47. The van der Waals surface area contributed by atoms with E-state index in [1.807, 2.05) is 41.4 Å². The number of amides is 3. The summed E-state index contributed by atoms with van der Waals surface area (Å²) < 4.78 is 1.73. The maximum absolute atomic E-state index is 12.8. The summed E-state index contributed by atoms with van der Waals surface area (Å²) >= 11 is 0. The molecule has 1 atom stereocenters. The number of rotatable bonds is 4. The third kappa shape index (κ3) is 3.94. The van der Waals surface area contributed by atoms with Crippen LogP contribution in [0.4, 0.5) is 0 Å². The van der Waals surface area contributed by atoms with Crippen molar-refractivity contribution in [1.82, 2.24) is 25.3 Å². The van der Waals surface area contributed by atoms with Gasteiger partial charge >= 0.3 is 0 Å². The molecule has 3 amide bonds. The quantitative estimate of drug-likeness (QED) is 0.782. The molecule has 2 N–H and O–H groups in total. The SMILES string of the molecule is O=C1CC(C(=O)NC2CCC3(CC2)CN(C(=O)c2ccn(-c4ccccc4)n2)C3)CN1. The van der Waals surface area contributed by atoms with E-state index in [0.717, 1.165) is 44.5 Å². The molecule has 8 nitrogen and oxygen atoms in total. The Morgan fingerprint density at radius 3 is 2.52 bits per heavy atom. The number of hydrogen-bond acceptors (Lipinski definition) is 4. The molecule has 3 fully saturated rings. The van der Waals surface area contributed by atoms with Gasteiger partial charge in [-0.2, -0.15) is 5.10 Å². The fourth-order valence-corrected chi connectivity index (χ4v) is 5.03. The van der Waals surface area contributed by atoms with E-state index in [9.17, 15) is 14.4 Å². The molecule has 0 bridgehead atoms. The van der Waals surface area contributed by atoms with Crippen LogP contribution in [0.3, 0.4) is 0 Å². The molecule has 3 aliphatic rings. The zero-order valence-corrected chi connectivity index (χ0v) is 17.4. The number of benzene rings is 1. The van der Waals surface area contributed by atoms with Gasteiger partial charge in [-0.3, -0.25) is 14.4 Å². The standard InChI is InChI=1S/C23H27N5O3/c29-20-12-16(13-24-20)21(30)25-17-6-9-23(10-7-17)14-27(15-23)22(31)19-8-11-28(26-19)18-4-2-1-3-5-18/h1-5,8,11,16-17H,6-7,9-10,12-15H2,(H,24,29)(H,25,30). The van der Waals surface area contributed by atoms with Crippen molar-refractivity contribution >= 4 is 17.7 Å². The van der Waals surface area contributed by atoms with E-state index in [-0.39, 0.29) is 35.1 Å². The van der Waals surface area contributed by atoms with Crippen LogP contribution in [0, 0.1) is 11.3 Å². The van der Waals surface area contributed by atoms with Crippen LogP contribution in [0.15, 0.2) is 42.6 Å². The first-order chi connectivity index (χ1) is 15.0. The number of nitrogens with one attached hydrogen (secondary N) is 2. The van der Waals surface area contributed by atoms with Crippen molar-refractivity contribution in [2.45, 2.75) is 38.1 Å². The molecular weight excluding hydrogens is 394 g/mol. The molecule has 5 rings (SSSR count). The molecule has 8 heteroatoms. The second kappa shape index (κ2) is 7.83. The lowest BCUT2D eigenvalue weighted by Gasteiger charge is -2.53. The minimum atomic E-state index is -0.240. The molecule has 3 heterocycles. The highest BCUT2D eigenvalue weighted by atomic mass is 16.2. The highest BCUT2D eigenvalue weighted by molar-refractivity contribution is 5.93. The van der Waals surface area contributed by atoms with Crippen LogP contribution >= 0.6 is 0 Å². The van der Waals surface area contributed by atoms with E-state index in [4.69, 9.17) is 0 Å². The van der Waals surface area contributed by atoms with Crippen molar-refractivity contribution < 1.29 is 14.4 Å². The van der Waals surface area contributed by atoms with E-state index in [2.05, 4.69) is 15.7 Å². The zero-order valence-electron chi connectivity index (χ0n) is 17.4. The minimum absolute atomic E-state index is 0.0151. The van der Waals surface area contributed by atoms with Crippen LogP contribution in [0.1, 0.15) is 42.6 Å². The van der Waals surface area contributed by atoms with Gasteiger partial charge in [0.15, 0.2) is 5.69 Å². The highest BCUT2D eigenvalue weighted by Crippen LogP contribution is 2.44. The smallest absolute Gasteiger partial charge is 0.274 e. The Balaban J connectivity index is 1.11. The number of aromatic nitrogens is 2. The average molecular weight is 422 g/mol. The summed E-state index contributed by atoms with van der Waals surface area (Å²) in [6, 6.07) is 11.7. The van der Waals surface area contributed by atoms with E-state index in [1.54, 1.807) is 10.7 Å². The molecule has 31 heavy (non-hydrogen) atoms. The minimum Gasteiger partial charge on any atom is -0.355 e. The molecular formula is C23H27N5O3. The number of hydrogen-bond donors (Lipinski definition) is 2. The van der Waals surface area contributed by atoms with Crippen LogP contribution in [-0.4, -0.2) is 58.1 Å². The Labute approximate surface area is 181 Å². The van der Waals surface area contributed by atoms with Gasteiger partial charge in [-0.25, -0.2) is 4.68 Å². The van der Waals surface area contributed by atoms with Crippen molar-refractivity contribution in [3.05, 3.63) is 48.3 Å². The average Bonchev–Trinajstić information content (AvgIpc) is 3.42. The van der Waals surface area contributed by atoms with Gasteiger partial charge in [0, 0.05) is 43.7 Å². The summed E-state index contributed by atoms with van der Waals surface area (Å²) in [6.45, 7) is 1.95. The fourth-order valence-electron chi connectivity index (χ4n) is 5.03. The summed E-state index contributed by atoms with van der Waals surface area (Å²) in [5.74, 6) is -0.320. The second-order valence-electron chi connectivity index (χ2n) is 9.13. The predicted molar refractivity (Wildman–Crippen MR) is 113 cm³/mol. The molecule has 1 aliphatic carbocycles. The molecule has 1 saturated carbocycles. The summed E-state index contributed by atoms with van der Waals surface area (Å²) in [4.78, 5) is 38.4. The van der Waals surface area contributed by atoms with Crippen molar-refractivity contribution in [3.63, 3.8) is 0 Å². The maximum atomic E-state index is 12.8. The maximum Gasteiger partial charge on any atom is 0.274 e. The lowest BCUT2D eigenvalue weighted by Crippen LogP contribution is -2.60. The molecule has 1 aromatic heterocycles. The van der Waals surface area contributed by atoms with Crippen molar-refractivity contribution in [2.24, 2.45) is 11.3 Å². The van der Waals surface area contributed by atoms with Crippen molar-refractivity contribution in [2.75, 3.05) is 19.6 Å². The molecule has 2 saturated heterocycles. The van der Waals surface area contributed by atoms with Crippen molar-refractivity contribution in [1.29, 1.82) is 0 Å². The van der Waals surface area contributed by atoms with Gasteiger partial charge in [0.1, 0.15) is 0 Å². The molecule has 162 valence electrons. The Morgan fingerprint density at radius 1 is 1.10 bits per heavy atom. The Kier molecular flexibility index (Phi) is 5.00. The fraction of sp³-hybridized carbons (Fsp3) is 0.478. The molecule has 1 spiro atoms. The van der Waals surface area contributed by atoms with E-state index < -0.39 is 0 Å². The zero-order chi connectivity index (χ0) is 21.4. The molecule has 0 radical (unpaired) electrons. The Bertz CT molecular complexity index is 986. The first kappa shape index (κ1) is 19.8. The molecule has 1 aromatic carbocycles. The molecule has 1 unspecified atom stereocenters. The van der Waals surface area contributed by atoms with Crippen LogP contribution < -0.4 is 10.6 Å². The van der Waals surface area contributed by atoms with Crippen LogP contribution in [0.2, 0.25) is 0 Å². The predicted octanol–water partition coefficient (Wildman–Crippen LogP) is 1.51. The lowest BCUT2D eigenvalue weighted by atomic mass is 9.67. The summed E-state index contributed by atoms with van der Waals surface area (Å²) in [7, 11) is 0. The normalized spacial score (nSPS) is 22.8. The topological polar surface area (TPSA) is 96.3 Å². The number of likely N-dealkylation sites (tertiary alicyclic amines) is 1. The van der Waals surface area contributed by atoms with Gasteiger partial charge in [-0.15, -0.1) is 0 Å². The number of para-hydroxylation sites is 1. The van der Waals surface area contributed by atoms with E-state index in [0.29, 0.717) is 18.7 Å². The monoisotopic (exact) mass is 421 g/mol. The second-order valence-corrected chi connectivity index (χ2v) is 9.13. The van der Waals surface area contributed by atoms with Gasteiger partial charge in [-0.1, -0.05) is 18.2 Å². The third-order valence-electron chi connectivity index (χ3n) is 6.91. The van der Waals surface area contributed by atoms with Gasteiger partial charge in [-0.05, 0) is 43.9 Å². The largest absolute Gasteiger partial charge is 0.355 e. The molecule has 2 aromatic rings. The van der Waals surface area contributed by atoms with Crippen LogP contribution in [0.25, 0.3) is 5.69 Å². The van der Waals surface area contributed by atoms with E-state index in [1.165, 1.54) is 0 Å². The van der Waals surface area contributed by atoms with Gasteiger partial charge in [0.25, 0.3) is 5.91 Å². The van der Waals surface area contributed by atoms with Gasteiger partial charge < -0.3 is 15.5 Å². The van der Waals surface area contributed by atoms with Gasteiger partial charge in [0.05, 0.1) is 11.6 Å². The summed E-state index contributed by atoms with van der Waals surface area (Å²) in [6.07, 6.45) is 5.96. The first-order valence-corrected chi connectivity index (χ1v) is 11.0. The summed E-state index contributed by atoms with van der Waals surface area (Å²) in [5, 5.41) is 10.3. The van der Waals surface area contributed by atoms with Crippen LogP contribution in [0.5, 0.6) is 0 Å². The van der Waals surface area contributed by atoms with E-state index >= 15 is 0 Å². The molecule has 2 aliphatic heterocycles. The lowest BCUT2D eigenvalue weighted by molar-refractivity contribution is -0.127. The van der Waals surface area contributed by atoms with Gasteiger partial charge in [0.2, 0.25) is 11.8 Å². The Hall–Kier alpha value is -3.16. The number of carbonyl (C=O) groups excluding carboxylic acids is 3. The van der Waals surface area contributed by atoms with Crippen LogP contribution in [-0.2, 0) is 9.59 Å². The van der Waals surface area contributed by atoms with Crippen molar-refractivity contribution in [3.8, 4) is 5.69 Å². The summed E-state index contributed by atoms with van der Waals surface area (Å²) in [5.41, 5.74) is 1.57. The third-order valence-corrected chi connectivity index (χ3v) is 6.91.